The molecule has 0 amide bonds. The number of benzene rings is 1. The summed E-state index contributed by atoms with van der Waals surface area (Å²) in [5, 5.41) is 12.2. The van der Waals surface area contributed by atoms with Crippen LogP contribution in [-0.2, 0) is 6.42 Å². The fraction of sp³-hybridized carbons (Fsp3) is 0.154. The summed E-state index contributed by atoms with van der Waals surface area (Å²) in [6.07, 6.45) is -0.289. The Hall–Kier alpha value is -2.32. The van der Waals surface area contributed by atoms with E-state index in [1.165, 1.54) is 0 Å². The van der Waals surface area contributed by atoms with E-state index in [1.54, 1.807) is 6.07 Å². The Morgan fingerprint density at radius 1 is 1.37 bits per heavy atom. The molecule has 19 heavy (non-hydrogen) atoms. The first-order chi connectivity index (χ1) is 9.26. The van der Waals surface area contributed by atoms with Crippen molar-refractivity contribution in [2.45, 2.75) is 12.6 Å². The van der Waals surface area contributed by atoms with Crippen molar-refractivity contribution in [1.82, 2.24) is 9.97 Å². The van der Waals surface area contributed by atoms with Crippen molar-refractivity contribution in [2.75, 3.05) is 5.32 Å². The van der Waals surface area contributed by atoms with Gasteiger partial charge >= 0.3 is 0 Å². The second-order valence-corrected chi connectivity index (χ2v) is 4.40. The lowest BCUT2D eigenvalue weighted by Crippen LogP contribution is -2.15. The minimum Gasteiger partial charge on any atom is -0.461 e. The van der Waals surface area contributed by atoms with Gasteiger partial charge in [0.2, 0.25) is 6.23 Å². The molecule has 3 rings (SSSR count). The fourth-order valence-corrected chi connectivity index (χ4v) is 2.09. The van der Waals surface area contributed by atoms with Crippen molar-refractivity contribution >= 4 is 17.3 Å². The van der Waals surface area contributed by atoms with Crippen LogP contribution in [0.1, 0.15) is 17.7 Å². The van der Waals surface area contributed by atoms with Crippen molar-refractivity contribution in [3.63, 3.8) is 0 Å². The van der Waals surface area contributed by atoms with E-state index in [9.17, 15) is 0 Å². The van der Waals surface area contributed by atoms with Gasteiger partial charge in [-0.15, -0.1) is 0 Å². The minimum absolute atomic E-state index is 0.189. The van der Waals surface area contributed by atoms with Crippen LogP contribution in [-0.4, -0.2) is 9.97 Å². The Balaban J connectivity index is 1.91. The summed E-state index contributed by atoms with van der Waals surface area (Å²) in [6.45, 7) is 0. The Bertz CT molecular complexity index is 643. The average molecular weight is 273 g/mol. The molecule has 1 unspecified atom stereocenters. The maximum absolute atomic E-state index is 8.71. The number of rotatable bonds is 2. The third-order valence-corrected chi connectivity index (χ3v) is 2.87. The quantitative estimate of drug-likeness (QED) is 0.851. The summed E-state index contributed by atoms with van der Waals surface area (Å²) in [7, 11) is 0. The summed E-state index contributed by atoms with van der Waals surface area (Å²) in [5.74, 6) is 1.17. The topological polar surface area (TPSA) is 70.8 Å². The lowest BCUT2D eigenvalue weighted by atomic mass is 10.3. The average Bonchev–Trinajstić information content (AvgIpc) is 2.82. The summed E-state index contributed by atoms with van der Waals surface area (Å²) in [4.78, 5) is 8.42. The number of hydrogen-bond acceptors (Lipinski definition) is 5. The summed E-state index contributed by atoms with van der Waals surface area (Å²) >= 11 is 5.93. The van der Waals surface area contributed by atoms with Gasteiger partial charge in [-0.25, -0.2) is 9.97 Å². The van der Waals surface area contributed by atoms with Crippen LogP contribution < -0.4 is 10.1 Å². The Morgan fingerprint density at radius 2 is 2.21 bits per heavy atom. The lowest BCUT2D eigenvalue weighted by Gasteiger charge is -2.10. The molecule has 0 saturated heterocycles. The predicted octanol–water partition coefficient (Wildman–Crippen LogP) is 2.70. The first-order valence-electron chi connectivity index (χ1n) is 5.69. The zero-order valence-corrected chi connectivity index (χ0v) is 10.6. The van der Waals surface area contributed by atoms with Crippen LogP contribution in [0.15, 0.2) is 30.3 Å². The zero-order valence-electron chi connectivity index (χ0n) is 9.80. The second kappa shape index (κ2) is 4.75. The third-order valence-electron chi connectivity index (χ3n) is 2.68. The second-order valence-electron chi connectivity index (χ2n) is 4.01. The highest BCUT2D eigenvalue weighted by molar-refractivity contribution is 6.29. The number of nitrogens with one attached hydrogen (secondary N) is 1. The number of halogens is 1. The van der Waals surface area contributed by atoms with E-state index in [-0.39, 0.29) is 6.42 Å². The van der Waals surface area contributed by atoms with E-state index in [1.807, 2.05) is 30.3 Å². The van der Waals surface area contributed by atoms with Crippen molar-refractivity contribution < 1.29 is 4.74 Å². The van der Waals surface area contributed by atoms with Crippen molar-refractivity contribution in [3.05, 3.63) is 47.0 Å². The molecule has 0 bridgehead atoms. The van der Waals surface area contributed by atoms with Crippen molar-refractivity contribution in [1.29, 1.82) is 5.26 Å². The third kappa shape index (κ3) is 2.30. The number of para-hydroxylation sites is 2. The maximum Gasteiger partial charge on any atom is 0.231 e. The molecule has 0 fully saturated rings. The normalized spacial score (nSPS) is 16.1. The molecule has 1 aliphatic heterocycles. The van der Waals surface area contributed by atoms with Gasteiger partial charge in [-0.3, -0.25) is 0 Å². The van der Waals surface area contributed by atoms with Crippen LogP contribution in [0, 0.1) is 11.3 Å². The Kier molecular flexibility index (Phi) is 2.94. The molecule has 1 N–H and O–H groups in total. The van der Waals surface area contributed by atoms with E-state index in [2.05, 4.69) is 15.3 Å². The molecule has 5 nitrogen and oxygen atoms in total. The number of nitriles is 1. The van der Waals surface area contributed by atoms with Crippen LogP contribution in [0.3, 0.4) is 0 Å². The molecular weight excluding hydrogens is 264 g/mol. The molecule has 1 aromatic carbocycles. The maximum atomic E-state index is 8.71. The molecule has 0 radical (unpaired) electrons. The van der Waals surface area contributed by atoms with Crippen LogP contribution >= 0.6 is 11.6 Å². The van der Waals surface area contributed by atoms with Crippen molar-refractivity contribution in [2.24, 2.45) is 0 Å². The SMILES string of the molecule is N#CCc1cc(Cl)nc(C2Nc3ccccc3O2)n1. The lowest BCUT2D eigenvalue weighted by molar-refractivity contribution is 0.248. The standard InChI is InChI=1S/C13H9ClN4O/c14-11-7-8(5-6-15)16-12(18-11)13-17-9-3-1-2-4-10(9)19-13/h1-4,7,13,17H,5H2. The first-order valence-corrected chi connectivity index (χ1v) is 6.06. The summed E-state index contributed by atoms with van der Waals surface area (Å²) < 4.78 is 5.70. The van der Waals surface area contributed by atoms with Gasteiger partial charge in [0.05, 0.1) is 23.9 Å². The molecule has 0 aliphatic carbocycles. The minimum atomic E-state index is -0.478. The molecular formula is C13H9ClN4O. The fourth-order valence-electron chi connectivity index (χ4n) is 1.88. The first kappa shape index (κ1) is 11.8. The molecule has 1 atom stereocenters. The van der Waals surface area contributed by atoms with Gasteiger partial charge in [-0.2, -0.15) is 5.26 Å². The number of anilines is 1. The van der Waals surface area contributed by atoms with Gasteiger partial charge in [-0.1, -0.05) is 23.7 Å². The zero-order chi connectivity index (χ0) is 13.2. The number of fused-ring (bicyclic) bond motifs is 1. The summed E-state index contributed by atoms with van der Waals surface area (Å²) in [6, 6.07) is 11.2. The number of ether oxygens (including phenoxy) is 1. The highest BCUT2D eigenvalue weighted by Gasteiger charge is 2.25. The molecule has 0 saturated carbocycles. The summed E-state index contributed by atoms with van der Waals surface area (Å²) in [5.41, 5.74) is 1.47. The van der Waals surface area contributed by atoms with E-state index < -0.39 is 6.23 Å². The van der Waals surface area contributed by atoms with Gasteiger partial charge in [0.15, 0.2) is 5.82 Å². The van der Waals surface area contributed by atoms with Gasteiger partial charge in [0.1, 0.15) is 10.9 Å². The monoisotopic (exact) mass is 272 g/mol. The van der Waals surface area contributed by atoms with Crippen LogP contribution in [0.25, 0.3) is 0 Å². The molecule has 6 heteroatoms. The van der Waals surface area contributed by atoms with E-state index in [4.69, 9.17) is 21.6 Å². The largest absolute Gasteiger partial charge is 0.461 e. The van der Waals surface area contributed by atoms with Crippen molar-refractivity contribution in [3.8, 4) is 11.8 Å². The highest BCUT2D eigenvalue weighted by Crippen LogP contribution is 2.36. The van der Waals surface area contributed by atoms with Crippen LogP contribution in [0.2, 0.25) is 5.15 Å². The molecule has 1 aliphatic rings. The van der Waals surface area contributed by atoms with E-state index in [0.29, 0.717) is 16.7 Å². The number of nitrogens with zero attached hydrogens (tertiary/aromatic N) is 3. The van der Waals surface area contributed by atoms with Gasteiger partial charge < -0.3 is 10.1 Å². The number of hydrogen-bond donors (Lipinski definition) is 1. The smallest absolute Gasteiger partial charge is 0.231 e. The van der Waals surface area contributed by atoms with E-state index in [0.717, 1.165) is 11.4 Å². The van der Waals surface area contributed by atoms with Crippen LogP contribution in [0.4, 0.5) is 5.69 Å². The molecule has 94 valence electrons. The molecule has 0 spiro atoms. The van der Waals surface area contributed by atoms with E-state index >= 15 is 0 Å². The molecule has 2 heterocycles. The van der Waals surface area contributed by atoms with Gasteiger partial charge in [0.25, 0.3) is 0 Å². The highest BCUT2D eigenvalue weighted by atomic mass is 35.5. The van der Waals surface area contributed by atoms with Gasteiger partial charge in [0, 0.05) is 0 Å². The predicted molar refractivity (Wildman–Crippen MR) is 69.8 cm³/mol. The van der Waals surface area contributed by atoms with Gasteiger partial charge in [-0.05, 0) is 18.2 Å². The molecule has 1 aromatic heterocycles. The Morgan fingerprint density at radius 3 is 3.00 bits per heavy atom. The molecule has 2 aromatic rings. The number of aromatic nitrogens is 2. The van der Waals surface area contributed by atoms with Crippen LogP contribution in [0.5, 0.6) is 5.75 Å². The Labute approximate surface area is 114 Å².